The molecule has 65 heavy (non-hydrogen) atoms. The Morgan fingerprint density at radius 1 is 0.585 bits per heavy atom. The van der Waals surface area contributed by atoms with Gasteiger partial charge in [0.2, 0.25) is 29.5 Å². The summed E-state index contributed by atoms with van der Waals surface area (Å²) in [5.41, 5.74) is 11.1. The lowest BCUT2D eigenvalue weighted by atomic mass is 9.99. The number of H-pyrrole nitrogens is 1. The zero-order valence-corrected chi connectivity index (χ0v) is 37.9. The fourth-order valence-electron chi connectivity index (χ4n) is 8.40. The van der Waals surface area contributed by atoms with E-state index in [1.807, 2.05) is 135 Å². The van der Waals surface area contributed by atoms with Gasteiger partial charge in [0.05, 0.1) is 6.04 Å². The maximum atomic E-state index is 14.8. The number of aromatic amines is 1. The van der Waals surface area contributed by atoms with Crippen molar-refractivity contribution in [1.29, 1.82) is 0 Å². The van der Waals surface area contributed by atoms with Crippen molar-refractivity contribution in [1.82, 2.24) is 36.1 Å². The maximum absolute atomic E-state index is 14.8. The van der Waals surface area contributed by atoms with Crippen molar-refractivity contribution in [2.45, 2.75) is 109 Å². The number of hydrogen-bond acceptors (Lipinski definition) is 6. The number of hydrogen-bond donors (Lipinski definition) is 7. The Kier molecular flexibility index (Phi) is 17.1. The van der Waals surface area contributed by atoms with Crippen LogP contribution in [0.15, 0.2) is 122 Å². The van der Waals surface area contributed by atoms with E-state index in [9.17, 15) is 24.0 Å². The Labute approximate surface area is 381 Å². The molecule has 0 unspecified atom stereocenters. The minimum Gasteiger partial charge on any atom is -0.368 e. The first-order chi connectivity index (χ1) is 31.4. The number of aryl methyl sites for hydroxylation is 1. The largest absolute Gasteiger partial charge is 0.368 e. The standard InChI is InChI=1S/C52H64N8O5/c1-5-6-17-26-60-33-38(40-23-14-16-25-47(40)60)31-46(51(64)56-42(48(53)61)27-34(2)3)59-50(63)44(29-36-20-11-8-12-21-36)57-52(65)45(30-37-32-55-41-24-15-13-22-39(37)41)58-49(62)43(54-4)28-35-18-9-7-10-19-35/h7-16,18-25,32-34,42-46,54-55H,5-6,17,26-31H2,1-4H3,(H2,53,61)(H,56,64)(H,57,65)(H,58,62)(H,59,63)/t42-,43+,44-,45+,46+/m0/s1. The summed E-state index contributed by atoms with van der Waals surface area (Å²) in [6.07, 6.45) is 7.99. The van der Waals surface area contributed by atoms with Crippen LogP contribution in [-0.2, 0) is 56.2 Å². The van der Waals surface area contributed by atoms with Crippen LogP contribution in [0.3, 0.4) is 0 Å². The van der Waals surface area contributed by atoms with E-state index in [4.69, 9.17) is 5.73 Å². The molecular weight excluding hydrogens is 817 g/mol. The lowest BCUT2D eigenvalue weighted by Crippen LogP contribution is -2.60. The third-order valence-electron chi connectivity index (χ3n) is 11.9. The van der Waals surface area contributed by atoms with E-state index in [1.54, 1.807) is 7.05 Å². The van der Waals surface area contributed by atoms with Crippen LogP contribution in [0, 0.1) is 5.92 Å². The molecule has 0 aliphatic carbocycles. The number of carbonyl (C=O) groups is 5. The molecule has 0 radical (unpaired) electrons. The number of nitrogens with zero attached hydrogens (tertiary/aromatic N) is 1. The van der Waals surface area contributed by atoms with Crippen LogP contribution < -0.4 is 32.3 Å². The highest BCUT2D eigenvalue weighted by atomic mass is 16.2. The number of amides is 5. The van der Waals surface area contributed by atoms with Crippen LogP contribution in [0.5, 0.6) is 0 Å². The van der Waals surface area contributed by atoms with E-state index < -0.39 is 53.8 Å². The third kappa shape index (κ3) is 13.2. The highest BCUT2D eigenvalue weighted by molar-refractivity contribution is 5.97. The van der Waals surface area contributed by atoms with Gasteiger partial charge >= 0.3 is 0 Å². The molecule has 13 nitrogen and oxygen atoms in total. The normalized spacial score (nSPS) is 13.7. The zero-order valence-electron chi connectivity index (χ0n) is 37.9. The van der Waals surface area contributed by atoms with Crippen LogP contribution in [0.2, 0.25) is 0 Å². The Hall–Kier alpha value is -6.73. The molecule has 8 N–H and O–H groups in total. The van der Waals surface area contributed by atoms with E-state index in [-0.39, 0.29) is 31.1 Å². The number of carbonyl (C=O) groups excluding carboxylic acids is 5. The van der Waals surface area contributed by atoms with E-state index in [0.29, 0.717) is 12.8 Å². The summed E-state index contributed by atoms with van der Waals surface area (Å²) in [6, 6.07) is 29.5. The molecule has 342 valence electrons. The topological polar surface area (TPSA) is 192 Å². The van der Waals surface area contributed by atoms with Gasteiger partial charge in [0.1, 0.15) is 24.2 Å². The van der Waals surface area contributed by atoms with Crippen molar-refractivity contribution in [3.8, 4) is 0 Å². The van der Waals surface area contributed by atoms with Crippen LogP contribution in [0.25, 0.3) is 21.8 Å². The molecule has 5 atom stereocenters. The van der Waals surface area contributed by atoms with Crippen molar-refractivity contribution < 1.29 is 24.0 Å². The second-order valence-corrected chi connectivity index (χ2v) is 17.3. The summed E-state index contributed by atoms with van der Waals surface area (Å²) in [7, 11) is 1.70. The average molecular weight is 881 g/mol. The van der Waals surface area contributed by atoms with Gasteiger partial charge in [-0.3, -0.25) is 24.0 Å². The van der Waals surface area contributed by atoms with Crippen molar-refractivity contribution >= 4 is 51.3 Å². The summed E-state index contributed by atoms with van der Waals surface area (Å²) in [4.78, 5) is 73.9. The average Bonchev–Trinajstić information content (AvgIpc) is 3.88. The fourth-order valence-corrected chi connectivity index (χ4v) is 8.40. The van der Waals surface area contributed by atoms with E-state index >= 15 is 0 Å². The second-order valence-electron chi connectivity index (χ2n) is 17.3. The van der Waals surface area contributed by atoms with E-state index in [1.165, 1.54) is 0 Å². The number of fused-ring (bicyclic) bond motifs is 2. The van der Waals surface area contributed by atoms with Gasteiger partial charge in [0.15, 0.2) is 0 Å². The van der Waals surface area contributed by atoms with Crippen molar-refractivity contribution in [2.24, 2.45) is 11.7 Å². The van der Waals surface area contributed by atoms with Gasteiger partial charge in [-0.15, -0.1) is 0 Å². The van der Waals surface area contributed by atoms with Crippen molar-refractivity contribution in [2.75, 3.05) is 7.05 Å². The molecule has 0 fully saturated rings. The third-order valence-corrected chi connectivity index (χ3v) is 11.9. The van der Waals surface area contributed by atoms with Crippen LogP contribution in [0.1, 0.15) is 68.7 Å². The molecule has 6 rings (SSSR count). The van der Waals surface area contributed by atoms with Crippen LogP contribution >= 0.6 is 0 Å². The molecule has 2 aromatic heterocycles. The molecular formula is C52H64N8O5. The molecule has 0 spiro atoms. The van der Waals surface area contributed by atoms with Gasteiger partial charge in [0.25, 0.3) is 0 Å². The first kappa shape index (κ1) is 47.7. The minimum absolute atomic E-state index is 0.0480. The Morgan fingerprint density at radius 2 is 1.08 bits per heavy atom. The lowest BCUT2D eigenvalue weighted by Gasteiger charge is -2.27. The van der Waals surface area contributed by atoms with E-state index in [0.717, 1.165) is 69.9 Å². The Balaban J connectivity index is 1.32. The van der Waals surface area contributed by atoms with Gasteiger partial charge in [0, 0.05) is 60.0 Å². The van der Waals surface area contributed by atoms with Gasteiger partial charge in [-0.2, -0.15) is 0 Å². The number of primary amides is 1. The first-order valence-corrected chi connectivity index (χ1v) is 22.8. The Morgan fingerprint density at radius 3 is 1.65 bits per heavy atom. The predicted octanol–water partition coefficient (Wildman–Crippen LogP) is 5.64. The molecule has 0 saturated heterocycles. The number of nitrogens with two attached hydrogens (primary N) is 1. The lowest BCUT2D eigenvalue weighted by molar-refractivity contribution is -0.134. The quantitative estimate of drug-likeness (QED) is 0.0385. The summed E-state index contributed by atoms with van der Waals surface area (Å²) < 4.78 is 2.18. The monoisotopic (exact) mass is 880 g/mol. The molecule has 5 amide bonds. The number of unbranched alkanes of at least 4 members (excludes halogenated alkanes) is 2. The minimum atomic E-state index is -1.18. The van der Waals surface area contributed by atoms with Crippen molar-refractivity contribution in [3.05, 3.63) is 144 Å². The number of para-hydroxylation sites is 2. The van der Waals surface area contributed by atoms with E-state index in [2.05, 4.69) is 43.1 Å². The first-order valence-electron chi connectivity index (χ1n) is 22.8. The summed E-state index contributed by atoms with van der Waals surface area (Å²) in [5, 5.41) is 16.8. The number of nitrogens with one attached hydrogen (secondary N) is 6. The summed E-state index contributed by atoms with van der Waals surface area (Å²) in [5.74, 6) is -2.76. The van der Waals surface area contributed by atoms with Crippen molar-refractivity contribution in [3.63, 3.8) is 0 Å². The zero-order chi connectivity index (χ0) is 46.3. The Bertz CT molecular complexity index is 2520. The summed E-state index contributed by atoms with van der Waals surface area (Å²) >= 11 is 0. The smallest absolute Gasteiger partial charge is 0.243 e. The summed E-state index contributed by atoms with van der Waals surface area (Å²) in [6.45, 7) is 6.81. The van der Waals surface area contributed by atoms with Crippen LogP contribution in [0.4, 0.5) is 0 Å². The maximum Gasteiger partial charge on any atom is 0.243 e. The molecule has 6 aromatic rings. The van der Waals surface area contributed by atoms with Gasteiger partial charge < -0.3 is 41.9 Å². The fraction of sp³-hybridized carbons (Fsp3) is 0.365. The molecule has 2 heterocycles. The SMILES string of the molecule is CCCCCn1cc(C[C@@H](NC(=O)[C@H](Cc2ccccc2)NC(=O)[C@@H](Cc2c[nH]c3ccccc23)NC(=O)[C@@H](Cc2ccccc2)NC)C(=O)N[C@@H](CC(C)C)C(N)=O)c2ccccc21. The molecule has 4 aromatic carbocycles. The van der Waals surface area contributed by atoms with Gasteiger partial charge in [-0.05, 0) is 66.6 Å². The second kappa shape index (κ2) is 23.3. The molecule has 0 bridgehead atoms. The molecule has 0 aliphatic rings. The highest BCUT2D eigenvalue weighted by Crippen LogP contribution is 2.24. The number of likely N-dealkylation sites (N-methyl/N-ethyl adjacent to an activating group) is 1. The highest BCUT2D eigenvalue weighted by Gasteiger charge is 2.33. The number of aromatic nitrogens is 2. The number of rotatable bonds is 24. The van der Waals surface area contributed by atoms with Gasteiger partial charge in [-0.1, -0.05) is 131 Å². The van der Waals surface area contributed by atoms with Gasteiger partial charge in [-0.25, -0.2) is 0 Å². The molecule has 0 aliphatic heterocycles. The van der Waals surface area contributed by atoms with Crippen LogP contribution in [-0.4, -0.2) is 76.3 Å². The molecule has 13 heteroatoms. The molecule has 0 saturated carbocycles. The number of benzene rings is 4. The predicted molar refractivity (Wildman–Crippen MR) is 257 cm³/mol.